The minimum atomic E-state index is -0.611. The van der Waals surface area contributed by atoms with Crippen molar-refractivity contribution in [3.63, 3.8) is 0 Å². The number of benzene rings is 1. The van der Waals surface area contributed by atoms with Crippen LogP contribution in [0.1, 0.15) is 38.7 Å². The van der Waals surface area contributed by atoms with Gasteiger partial charge in [-0.3, -0.25) is 9.00 Å². The molecule has 1 aromatic rings. The summed E-state index contributed by atoms with van der Waals surface area (Å²) in [5.74, 6) is 0.207. The zero-order valence-electron chi connectivity index (χ0n) is 18.2. The third-order valence-corrected chi connectivity index (χ3v) is 4.65. The number of hydrogen-bond acceptors (Lipinski definition) is 4. The maximum Gasteiger partial charge on any atom is 0.227 e. The third kappa shape index (κ3) is 12.4. The Hall–Kier alpha value is -1.11. The van der Waals surface area contributed by atoms with Crippen LogP contribution < -0.4 is 5.32 Å². The number of rotatable bonds is 6. The number of nitrogens with one attached hydrogen (secondary N) is 1. The molecule has 4 nitrogen and oxygen atoms in total. The molecule has 0 saturated carbocycles. The molecule has 0 radical (unpaired) electrons. The highest BCUT2D eigenvalue weighted by Gasteiger charge is 2.24. The first-order valence-electron chi connectivity index (χ1n) is 9.88. The summed E-state index contributed by atoms with van der Waals surface area (Å²) < 4.78 is 9.56. The lowest BCUT2D eigenvalue weighted by Gasteiger charge is -2.34. The summed E-state index contributed by atoms with van der Waals surface area (Å²) in [6.07, 6.45) is 11.0. The summed E-state index contributed by atoms with van der Waals surface area (Å²) in [5, 5.41) is 3.35. The summed E-state index contributed by atoms with van der Waals surface area (Å²) in [5.41, 5.74) is 1.08. The Kier molecular flexibility index (Phi) is 16.1. The molecule has 1 saturated heterocycles. The molecule has 0 aromatic heterocycles. The zero-order valence-corrected chi connectivity index (χ0v) is 19.8. The number of carbonyl (C=O) groups is 1. The van der Waals surface area contributed by atoms with Crippen LogP contribution in [-0.2, 0) is 22.0 Å². The third-order valence-electron chi connectivity index (χ3n) is 3.91. The van der Waals surface area contributed by atoms with Crippen LogP contribution in [-0.4, -0.2) is 59.5 Å². The van der Waals surface area contributed by atoms with Gasteiger partial charge >= 0.3 is 0 Å². The second-order valence-corrected chi connectivity index (χ2v) is 9.15. The maximum absolute atomic E-state index is 12.6. The topological polar surface area (TPSA) is 49.4 Å². The van der Waals surface area contributed by atoms with E-state index >= 15 is 0 Å². The summed E-state index contributed by atoms with van der Waals surface area (Å²) in [4.78, 5) is 15.8. The molecule has 6 heteroatoms. The number of carbonyl (C=O) groups excluding carboxylic acids is 1. The molecule has 160 valence electrons. The molecule has 0 bridgehead atoms. The van der Waals surface area contributed by atoms with E-state index in [0.717, 1.165) is 31.5 Å². The predicted molar refractivity (Wildman–Crippen MR) is 126 cm³/mol. The van der Waals surface area contributed by atoms with Crippen molar-refractivity contribution in [1.29, 1.82) is 0 Å². The van der Waals surface area contributed by atoms with Crippen LogP contribution in [0, 0.1) is 0 Å². The fraction of sp³-hybridized carbons (Fsp3) is 0.591. The van der Waals surface area contributed by atoms with E-state index in [1.807, 2.05) is 11.0 Å². The number of thioether (sulfide) groups is 1. The molecular weight excluding hydrogens is 388 g/mol. The fourth-order valence-corrected chi connectivity index (χ4v) is 3.14. The van der Waals surface area contributed by atoms with Gasteiger partial charge in [0.15, 0.2) is 0 Å². The van der Waals surface area contributed by atoms with Crippen LogP contribution in [0.2, 0.25) is 0 Å². The molecule has 28 heavy (non-hydrogen) atoms. The average Bonchev–Trinajstić information content (AvgIpc) is 2.67. The van der Waals surface area contributed by atoms with E-state index in [2.05, 4.69) is 56.3 Å². The Balaban J connectivity index is 0.000000904. The van der Waals surface area contributed by atoms with Crippen molar-refractivity contribution >= 4 is 28.5 Å². The summed E-state index contributed by atoms with van der Waals surface area (Å²) in [7, 11) is -0.611. The van der Waals surface area contributed by atoms with Gasteiger partial charge in [0, 0.05) is 40.8 Å². The largest absolute Gasteiger partial charge is 0.336 e. The molecular formula is C22H38N2O2S2. The number of amides is 1. The van der Waals surface area contributed by atoms with Gasteiger partial charge in [0.2, 0.25) is 5.91 Å². The van der Waals surface area contributed by atoms with Gasteiger partial charge in [-0.15, -0.1) is 18.3 Å². The normalized spacial score (nSPS) is 13.6. The van der Waals surface area contributed by atoms with E-state index in [9.17, 15) is 9.00 Å². The number of nitrogens with zero attached hydrogens (tertiary/aromatic N) is 1. The number of hydrogen-bond donors (Lipinski definition) is 1. The first kappa shape index (κ1) is 26.9. The number of piperidine rings is 1. The second-order valence-electron chi connectivity index (χ2n) is 6.79. The van der Waals surface area contributed by atoms with Gasteiger partial charge in [-0.25, -0.2) is 0 Å². The van der Waals surface area contributed by atoms with E-state index in [4.69, 9.17) is 0 Å². The summed E-state index contributed by atoms with van der Waals surface area (Å²) >= 11 is 1.72. The minimum absolute atomic E-state index is 0.207. The van der Waals surface area contributed by atoms with Gasteiger partial charge in [-0.2, -0.15) is 0 Å². The Morgan fingerprint density at radius 2 is 1.75 bits per heavy atom. The van der Waals surface area contributed by atoms with Crippen LogP contribution in [0.25, 0.3) is 0 Å². The quantitative estimate of drug-likeness (QED) is 0.549. The van der Waals surface area contributed by atoms with Crippen molar-refractivity contribution in [2.24, 2.45) is 0 Å². The van der Waals surface area contributed by atoms with Gasteiger partial charge in [0.1, 0.15) is 0 Å². The van der Waals surface area contributed by atoms with Crippen molar-refractivity contribution in [2.75, 3.05) is 38.4 Å². The highest BCUT2D eigenvalue weighted by molar-refractivity contribution is 7.98. The van der Waals surface area contributed by atoms with Crippen LogP contribution in [0.3, 0.4) is 0 Å². The van der Waals surface area contributed by atoms with Gasteiger partial charge < -0.3 is 10.2 Å². The summed E-state index contributed by atoms with van der Waals surface area (Å²) in [6.45, 7) is 10.7. The first-order valence-corrected chi connectivity index (χ1v) is 13.1. The SMILES string of the molecule is C=CCN(C(=O)Cc1ccc(SC)cc1)C1CCNCC1.CCC.CS(C)=O. The van der Waals surface area contributed by atoms with Crippen molar-refractivity contribution in [3.8, 4) is 0 Å². The molecule has 1 aliphatic rings. The Labute approximate surface area is 179 Å². The summed E-state index contributed by atoms with van der Waals surface area (Å²) in [6, 6.07) is 8.61. The lowest BCUT2D eigenvalue weighted by atomic mass is 10.0. The smallest absolute Gasteiger partial charge is 0.227 e. The predicted octanol–water partition coefficient (Wildman–Crippen LogP) is 4.13. The molecule has 1 amide bonds. The van der Waals surface area contributed by atoms with Crippen molar-refractivity contribution < 1.29 is 9.00 Å². The lowest BCUT2D eigenvalue weighted by molar-refractivity contribution is -0.132. The van der Waals surface area contributed by atoms with Crippen molar-refractivity contribution in [2.45, 2.75) is 50.5 Å². The van der Waals surface area contributed by atoms with Crippen LogP contribution in [0.4, 0.5) is 0 Å². The van der Waals surface area contributed by atoms with Crippen LogP contribution in [0.5, 0.6) is 0 Å². The van der Waals surface area contributed by atoms with Crippen molar-refractivity contribution in [1.82, 2.24) is 10.2 Å². The fourth-order valence-electron chi connectivity index (χ4n) is 2.73. The Bertz CT molecular complexity index is 566. The molecule has 1 aromatic carbocycles. The monoisotopic (exact) mass is 426 g/mol. The molecule has 0 atom stereocenters. The standard InChI is InChI=1S/C17H24N2OS.C3H8.C2H6OS/c1-3-12-19(15-8-10-18-11-9-15)17(20)13-14-4-6-16(21-2)7-5-14;1-3-2;1-4(2)3/h3-7,15,18H,1,8-13H2,2H3;3H2,1-2H3;1-2H3. The van der Waals surface area contributed by atoms with Crippen molar-refractivity contribution in [3.05, 3.63) is 42.5 Å². The Morgan fingerprint density at radius 1 is 1.25 bits per heavy atom. The molecule has 0 unspecified atom stereocenters. The lowest BCUT2D eigenvalue weighted by Crippen LogP contribution is -2.46. The molecule has 1 fully saturated rings. The second kappa shape index (κ2) is 16.8. The Morgan fingerprint density at radius 3 is 2.18 bits per heavy atom. The molecule has 1 heterocycles. The molecule has 1 aliphatic heterocycles. The van der Waals surface area contributed by atoms with Crippen LogP contribution in [0.15, 0.2) is 41.8 Å². The van der Waals surface area contributed by atoms with E-state index in [0.29, 0.717) is 19.0 Å². The van der Waals surface area contributed by atoms with E-state index in [-0.39, 0.29) is 5.91 Å². The van der Waals surface area contributed by atoms with Gasteiger partial charge in [0.05, 0.1) is 6.42 Å². The maximum atomic E-state index is 12.6. The van der Waals surface area contributed by atoms with Gasteiger partial charge in [0.25, 0.3) is 0 Å². The van der Waals surface area contributed by atoms with Crippen LogP contribution >= 0.6 is 11.8 Å². The molecule has 0 spiro atoms. The molecule has 2 rings (SSSR count). The van der Waals surface area contributed by atoms with Gasteiger partial charge in [-0.05, 0) is 49.9 Å². The molecule has 0 aliphatic carbocycles. The zero-order chi connectivity index (χ0) is 21.4. The average molecular weight is 427 g/mol. The highest BCUT2D eigenvalue weighted by atomic mass is 32.2. The minimum Gasteiger partial charge on any atom is -0.336 e. The van der Waals surface area contributed by atoms with E-state index in [1.165, 1.54) is 11.3 Å². The van der Waals surface area contributed by atoms with E-state index in [1.54, 1.807) is 24.3 Å². The van der Waals surface area contributed by atoms with E-state index < -0.39 is 10.8 Å². The van der Waals surface area contributed by atoms with Gasteiger partial charge in [-0.1, -0.05) is 38.5 Å². The highest BCUT2D eigenvalue weighted by Crippen LogP contribution is 2.17. The first-order chi connectivity index (χ1) is 13.4. The molecule has 1 N–H and O–H groups in total.